The number of carbonyl (C=O) groups excluding carboxylic acids is 2. The van der Waals surface area contributed by atoms with Crippen molar-refractivity contribution >= 4 is 44.2 Å². The Morgan fingerprint density at radius 2 is 1.80 bits per heavy atom. The Labute approximate surface area is 207 Å². The smallest absolute Gasteiger partial charge is 0.334 e. The fourth-order valence-corrected chi connectivity index (χ4v) is 5.43. The van der Waals surface area contributed by atoms with Gasteiger partial charge < -0.3 is 15.3 Å². The number of carboxylic acids is 1. The molecule has 0 aliphatic carbocycles. The van der Waals surface area contributed by atoms with Crippen LogP contribution in [0, 0.1) is 10.1 Å². The Bertz CT molecular complexity index is 1190. The number of nitrogens with one attached hydrogen (secondary N) is 1. The Balaban J connectivity index is 1.91. The summed E-state index contributed by atoms with van der Waals surface area (Å²) >= 11 is 0. The molecule has 2 aromatic carbocycles. The average Bonchev–Trinajstić information content (AvgIpc) is 2.80. The molecule has 1 saturated heterocycles. The summed E-state index contributed by atoms with van der Waals surface area (Å²) in [5.41, 5.74) is -1.13. The van der Waals surface area contributed by atoms with Crippen molar-refractivity contribution in [1.82, 2.24) is 10.2 Å². The van der Waals surface area contributed by atoms with Crippen LogP contribution in [-0.2, 0) is 37.2 Å². The summed E-state index contributed by atoms with van der Waals surface area (Å²) in [4.78, 5) is 49.5. The van der Waals surface area contributed by atoms with Crippen molar-refractivity contribution in [3.05, 3.63) is 88.0 Å². The molecule has 0 radical (unpaired) electrons. The summed E-state index contributed by atoms with van der Waals surface area (Å²) < 4.78 is 12.4. The fourth-order valence-electron chi connectivity index (χ4n) is 4.03. The Morgan fingerprint density at radius 1 is 1.20 bits per heavy atom. The number of non-ortho nitro benzene ring substituents is 1. The third-order valence-electron chi connectivity index (χ3n) is 5.84. The number of halogens is 1. The molecule has 0 spiro atoms. The van der Waals surface area contributed by atoms with E-state index in [0.717, 1.165) is 4.90 Å². The molecule has 2 N–H and O–H groups in total. The Morgan fingerprint density at radius 3 is 2.29 bits per heavy atom. The second kappa shape index (κ2) is 10.4. The molecule has 1 aliphatic rings. The second-order valence-electron chi connectivity index (χ2n) is 8.10. The lowest BCUT2D eigenvalue weighted by atomic mass is 9.80. The van der Waals surface area contributed by atoms with Gasteiger partial charge in [-0.15, -0.1) is 0 Å². The van der Waals surface area contributed by atoms with Gasteiger partial charge in [-0.3, -0.25) is 19.7 Å². The van der Waals surface area contributed by atoms with Gasteiger partial charge in [-0.1, -0.05) is 49.0 Å². The number of carbonyl (C=O) groups is 3. The summed E-state index contributed by atoms with van der Waals surface area (Å²) in [6.07, 6.45) is -0.351. The van der Waals surface area contributed by atoms with Crippen molar-refractivity contribution in [3.63, 3.8) is 0 Å². The highest BCUT2D eigenvalue weighted by atomic mass is 35.7. The van der Waals surface area contributed by atoms with E-state index in [2.05, 4.69) is 11.9 Å². The lowest BCUT2D eigenvalue weighted by Crippen LogP contribution is -2.79. The Kier molecular flexibility index (Phi) is 7.71. The van der Waals surface area contributed by atoms with E-state index in [1.807, 2.05) is 0 Å². The SMILES string of the molecule is C=C(C)C(Cc1ccc([N+](=O)[O-])cc1)(C(=O)O)N1C(=O)C(NC(=O)Cc2ccccc2)C1S(=O)Cl. The monoisotopic (exact) mass is 519 g/mol. The van der Waals surface area contributed by atoms with Crippen LogP contribution >= 0.6 is 10.7 Å². The van der Waals surface area contributed by atoms with Crippen molar-refractivity contribution in [3.8, 4) is 0 Å². The summed E-state index contributed by atoms with van der Waals surface area (Å²) in [6, 6.07) is 12.6. The van der Waals surface area contributed by atoms with Crippen LogP contribution in [0.1, 0.15) is 18.1 Å². The van der Waals surface area contributed by atoms with Crippen LogP contribution in [0.3, 0.4) is 0 Å². The molecule has 0 saturated carbocycles. The van der Waals surface area contributed by atoms with Gasteiger partial charge in [0, 0.05) is 18.6 Å². The van der Waals surface area contributed by atoms with Crippen LogP contribution in [0.2, 0.25) is 0 Å². The number of β-lactam (4-membered cyclic amide) rings is 1. The number of likely N-dealkylation sites (tertiary alicyclic amines) is 1. The number of carboxylic acid groups (broad SMARTS) is 1. The van der Waals surface area contributed by atoms with E-state index >= 15 is 0 Å². The molecule has 35 heavy (non-hydrogen) atoms. The predicted octanol–water partition coefficient (Wildman–Crippen LogP) is 2.34. The number of aliphatic carboxylic acids is 1. The fraction of sp³-hybridized carbons (Fsp3) is 0.261. The molecule has 1 aliphatic heterocycles. The number of nitro benzene ring substituents is 1. The van der Waals surface area contributed by atoms with Gasteiger partial charge >= 0.3 is 5.97 Å². The van der Waals surface area contributed by atoms with E-state index in [1.165, 1.54) is 31.2 Å². The zero-order valence-corrected chi connectivity index (χ0v) is 20.1. The minimum absolute atomic E-state index is 0.0420. The number of nitrogens with zero attached hydrogens (tertiary/aromatic N) is 2. The Hall–Kier alpha value is -3.57. The summed E-state index contributed by atoms with van der Waals surface area (Å²) in [6.45, 7) is 5.16. The summed E-state index contributed by atoms with van der Waals surface area (Å²) in [5.74, 6) is -2.75. The van der Waals surface area contributed by atoms with Crippen molar-refractivity contribution < 1.29 is 28.6 Å². The summed E-state index contributed by atoms with van der Waals surface area (Å²) in [5, 5.41) is 22.3. The first-order chi connectivity index (χ1) is 16.5. The highest BCUT2D eigenvalue weighted by Crippen LogP contribution is 2.39. The first-order valence-corrected chi connectivity index (χ1v) is 12.4. The maximum atomic E-state index is 13.2. The number of rotatable bonds is 10. The van der Waals surface area contributed by atoms with Crippen LogP contribution in [0.25, 0.3) is 0 Å². The van der Waals surface area contributed by atoms with Gasteiger partial charge in [0.25, 0.3) is 11.6 Å². The number of nitro groups is 1. The van der Waals surface area contributed by atoms with Crippen molar-refractivity contribution in [2.45, 2.75) is 36.7 Å². The maximum Gasteiger partial charge on any atom is 0.334 e. The molecule has 4 unspecified atom stereocenters. The van der Waals surface area contributed by atoms with Crippen molar-refractivity contribution in [2.24, 2.45) is 0 Å². The largest absolute Gasteiger partial charge is 0.479 e. The van der Waals surface area contributed by atoms with Gasteiger partial charge in [0.05, 0.1) is 11.3 Å². The molecule has 2 amide bonds. The number of amides is 2. The van der Waals surface area contributed by atoms with Gasteiger partial charge in [-0.05, 0) is 34.3 Å². The molecule has 12 heteroatoms. The van der Waals surface area contributed by atoms with Crippen molar-refractivity contribution in [1.29, 1.82) is 0 Å². The van der Waals surface area contributed by atoms with E-state index in [1.54, 1.807) is 30.3 Å². The van der Waals surface area contributed by atoms with Gasteiger partial charge in [0.1, 0.15) is 16.1 Å². The van der Waals surface area contributed by atoms with E-state index in [-0.39, 0.29) is 24.1 Å². The van der Waals surface area contributed by atoms with Crippen LogP contribution in [0.5, 0.6) is 0 Å². The third kappa shape index (κ3) is 5.10. The van der Waals surface area contributed by atoms with Gasteiger partial charge in [0.15, 0.2) is 10.9 Å². The van der Waals surface area contributed by atoms with E-state index in [0.29, 0.717) is 11.1 Å². The van der Waals surface area contributed by atoms with Crippen LogP contribution < -0.4 is 5.32 Å². The molecule has 0 bridgehead atoms. The van der Waals surface area contributed by atoms with Gasteiger partial charge in [-0.2, -0.15) is 0 Å². The number of hydrogen-bond donors (Lipinski definition) is 2. The highest BCUT2D eigenvalue weighted by Gasteiger charge is 2.62. The quantitative estimate of drug-likeness (QED) is 0.161. The zero-order valence-electron chi connectivity index (χ0n) is 18.5. The second-order valence-corrected chi connectivity index (χ2v) is 9.99. The highest BCUT2D eigenvalue weighted by molar-refractivity contribution is 8.08. The molecule has 1 heterocycles. The van der Waals surface area contributed by atoms with Crippen LogP contribution in [0.15, 0.2) is 66.7 Å². The lowest BCUT2D eigenvalue weighted by molar-refractivity contribution is -0.384. The topological polar surface area (TPSA) is 147 Å². The molecule has 0 aromatic heterocycles. The standard InChI is InChI=1S/C23H22ClN3O7S/c1-14(2)23(22(30)31,13-16-8-10-17(11-9-16)27(32)33)26-20(29)19(21(26)35(24)34)25-18(28)12-15-6-4-3-5-7-15/h3-11,19,21H,1,12-13H2,2H3,(H,25,28)(H,30,31). The van der Waals surface area contributed by atoms with E-state index < -0.39 is 49.7 Å². The molecule has 10 nitrogen and oxygen atoms in total. The average molecular weight is 520 g/mol. The van der Waals surface area contributed by atoms with Gasteiger partial charge in [-0.25, -0.2) is 9.00 Å². The lowest BCUT2D eigenvalue weighted by Gasteiger charge is -2.54. The first-order valence-electron chi connectivity index (χ1n) is 10.3. The van der Waals surface area contributed by atoms with Gasteiger partial charge in [0.2, 0.25) is 5.91 Å². The van der Waals surface area contributed by atoms with Crippen LogP contribution in [0.4, 0.5) is 5.69 Å². The minimum Gasteiger partial charge on any atom is -0.479 e. The molecule has 3 rings (SSSR count). The van der Waals surface area contributed by atoms with E-state index in [4.69, 9.17) is 10.7 Å². The third-order valence-corrected chi connectivity index (χ3v) is 7.25. The molecule has 1 fully saturated rings. The maximum absolute atomic E-state index is 13.2. The molecule has 2 aromatic rings. The van der Waals surface area contributed by atoms with Crippen molar-refractivity contribution in [2.75, 3.05) is 0 Å². The predicted molar refractivity (Wildman–Crippen MR) is 129 cm³/mol. The molecule has 4 atom stereocenters. The van der Waals surface area contributed by atoms with Crippen LogP contribution in [-0.4, -0.2) is 53.9 Å². The molecular formula is C23H22ClN3O7S. The normalized spacial score (nSPS) is 19.7. The minimum atomic E-state index is -2.25. The first kappa shape index (κ1) is 26.0. The summed E-state index contributed by atoms with van der Waals surface area (Å²) in [7, 11) is 3.64. The molecular weight excluding hydrogens is 498 g/mol. The van der Waals surface area contributed by atoms with E-state index in [9.17, 15) is 33.8 Å². The zero-order chi connectivity index (χ0) is 25.9. The molecule has 184 valence electrons. The number of benzene rings is 2. The number of hydrogen-bond acceptors (Lipinski definition) is 6.